The highest BCUT2D eigenvalue weighted by molar-refractivity contribution is 6.10. The van der Waals surface area contributed by atoms with E-state index in [2.05, 4.69) is 16.3 Å². The molecule has 1 aliphatic carbocycles. The van der Waals surface area contributed by atoms with Crippen LogP contribution >= 0.6 is 0 Å². The molecule has 1 amide bonds. The van der Waals surface area contributed by atoms with Gasteiger partial charge in [0.05, 0.1) is 29.5 Å². The van der Waals surface area contributed by atoms with E-state index in [0.717, 1.165) is 6.54 Å². The van der Waals surface area contributed by atoms with Crippen LogP contribution in [0.2, 0.25) is 0 Å². The zero-order valence-electron chi connectivity index (χ0n) is 15.4. The molecule has 2 aliphatic heterocycles. The van der Waals surface area contributed by atoms with Gasteiger partial charge in [-0.15, -0.1) is 0 Å². The monoisotopic (exact) mass is 370 g/mol. The molecule has 7 heteroatoms. The first-order chi connectivity index (χ1) is 13.5. The fourth-order valence-corrected chi connectivity index (χ4v) is 4.87. The Kier molecular flexibility index (Phi) is 3.79. The summed E-state index contributed by atoms with van der Waals surface area (Å²) in [6.07, 6.45) is 1.83. The molecule has 28 heavy (non-hydrogen) atoms. The summed E-state index contributed by atoms with van der Waals surface area (Å²) in [5.74, 6) is -0.877. The number of carbonyl (C=O) groups is 1. The first-order valence-corrected chi connectivity index (χ1v) is 9.08. The zero-order chi connectivity index (χ0) is 20.1. The van der Waals surface area contributed by atoms with Gasteiger partial charge in [-0.1, -0.05) is 31.2 Å². The van der Waals surface area contributed by atoms with Crippen molar-refractivity contribution in [2.24, 2.45) is 17.1 Å². The summed E-state index contributed by atoms with van der Waals surface area (Å²) in [5, 5.41) is 32.8. The number of fused-ring (bicyclic) bond motifs is 4. The van der Waals surface area contributed by atoms with Crippen LogP contribution in [0.3, 0.4) is 0 Å². The average molecular weight is 370 g/mol. The van der Waals surface area contributed by atoms with Crippen molar-refractivity contribution >= 4 is 11.6 Å². The minimum Gasteiger partial charge on any atom is -0.399 e. The number of carbonyl (C=O) groups excluding carboxylic acids is 1. The van der Waals surface area contributed by atoms with Gasteiger partial charge < -0.3 is 11.1 Å². The molecule has 0 radical (unpaired) electrons. The minimum absolute atomic E-state index is 0.00171. The highest BCUT2D eigenvalue weighted by Gasteiger charge is 2.65. The lowest BCUT2D eigenvalue weighted by Crippen LogP contribution is -2.57. The summed E-state index contributed by atoms with van der Waals surface area (Å²) in [4.78, 5) is 15.5. The lowest BCUT2D eigenvalue weighted by Gasteiger charge is -2.49. The third kappa shape index (κ3) is 1.85. The van der Waals surface area contributed by atoms with Gasteiger partial charge in [-0.05, 0) is 23.7 Å². The van der Waals surface area contributed by atoms with Crippen LogP contribution in [0.1, 0.15) is 12.5 Å². The Morgan fingerprint density at radius 1 is 1.29 bits per heavy atom. The number of nitrogens with zero attached hydrogens (tertiary/aromatic N) is 4. The molecule has 2 heterocycles. The van der Waals surface area contributed by atoms with E-state index in [1.807, 2.05) is 43.3 Å². The molecule has 138 valence electrons. The van der Waals surface area contributed by atoms with Crippen molar-refractivity contribution < 1.29 is 4.79 Å². The molecule has 0 saturated heterocycles. The average Bonchev–Trinajstić information content (AvgIpc) is 3.02. The summed E-state index contributed by atoms with van der Waals surface area (Å²) in [6.45, 7) is 3.76. The van der Waals surface area contributed by atoms with Gasteiger partial charge in [0, 0.05) is 24.7 Å². The smallest absolute Gasteiger partial charge is 0.241 e. The second-order valence-corrected chi connectivity index (χ2v) is 7.25. The fraction of sp³-hybridized carbons (Fsp3) is 0.333. The van der Waals surface area contributed by atoms with Gasteiger partial charge >= 0.3 is 0 Å². The molecule has 3 N–H and O–H groups in total. The number of nitrogens with two attached hydrogens (primary N) is 1. The fourth-order valence-electron chi connectivity index (χ4n) is 4.87. The van der Waals surface area contributed by atoms with E-state index in [-0.39, 0.29) is 17.2 Å². The number of anilines is 1. The summed E-state index contributed by atoms with van der Waals surface area (Å²) in [5.41, 5.74) is 4.91. The van der Waals surface area contributed by atoms with Crippen LogP contribution in [0, 0.1) is 45.3 Å². The predicted molar refractivity (Wildman–Crippen MR) is 101 cm³/mol. The third-order valence-electron chi connectivity index (χ3n) is 6.26. The van der Waals surface area contributed by atoms with Crippen molar-refractivity contribution in [1.29, 1.82) is 15.8 Å². The van der Waals surface area contributed by atoms with Gasteiger partial charge in [0.15, 0.2) is 0 Å². The van der Waals surface area contributed by atoms with Crippen LogP contribution in [-0.4, -0.2) is 30.4 Å². The van der Waals surface area contributed by atoms with Crippen molar-refractivity contribution in [3.8, 4) is 18.2 Å². The maximum atomic E-state index is 13.4. The number of allylic oxidation sites excluding steroid dienone is 1. The van der Waals surface area contributed by atoms with Crippen molar-refractivity contribution in [1.82, 2.24) is 4.90 Å². The molecule has 4 rings (SSSR count). The molecule has 1 spiro atoms. The zero-order valence-corrected chi connectivity index (χ0v) is 15.4. The Morgan fingerprint density at radius 3 is 2.64 bits per heavy atom. The van der Waals surface area contributed by atoms with E-state index >= 15 is 0 Å². The van der Waals surface area contributed by atoms with E-state index in [0.29, 0.717) is 29.9 Å². The lowest BCUT2D eigenvalue weighted by molar-refractivity contribution is -0.121. The van der Waals surface area contributed by atoms with E-state index in [9.17, 15) is 20.6 Å². The number of benzene rings is 1. The summed E-state index contributed by atoms with van der Waals surface area (Å²) in [7, 11) is 0. The summed E-state index contributed by atoms with van der Waals surface area (Å²) in [6, 6.07) is 13.4. The van der Waals surface area contributed by atoms with Gasteiger partial charge in [-0.25, -0.2) is 0 Å². The Hall–Kier alpha value is -3.60. The van der Waals surface area contributed by atoms with Crippen LogP contribution in [0.5, 0.6) is 0 Å². The Morgan fingerprint density at radius 2 is 2.00 bits per heavy atom. The number of hydrogen-bond donors (Lipinski definition) is 2. The Labute approximate surface area is 162 Å². The number of hydrogen-bond acceptors (Lipinski definition) is 6. The van der Waals surface area contributed by atoms with Crippen LogP contribution in [0.4, 0.5) is 5.69 Å². The second-order valence-electron chi connectivity index (χ2n) is 7.25. The highest BCUT2D eigenvalue weighted by Crippen LogP contribution is 2.59. The molecule has 7 nitrogen and oxygen atoms in total. The van der Waals surface area contributed by atoms with Gasteiger partial charge in [0.1, 0.15) is 5.41 Å². The molecule has 0 unspecified atom stereocenters. The van der Waals surface area contributed by atoms with Crippen LogP contribution < -0.4 is 11.1 Å². The molecule has 1 aromatic carbocycles. The topological polar surface area (TPSA) is 130 Å². The molecule has 3 aliphatic rings. The molecule has 0 bridgehead atoms. The summed E-state index contributed by atoms with van der Waals surface area (Å²) >= 11 is 0. The lowest BCUT2D eigenvalue weighted by atomic mass is 9.52. The Bertz CT molecular complexity index is 1070. The maximum Gasteiger partial charge on any atom is 0.241 e. The number of rotatable bonds is 1. The van der Waals surface area contributed by atoms with Gasteiger partial charge in [-0.2, -0.15) is 15.8 Å². The number of para-hydroxylation sites is 1. The van der Waals surface area contributed by atoms with Crippen molar-refractivity contribution in [3.63, 3.8) is 0 Å². The van der Waals surface area contributed by atoms with Crippen molar-refractivity contribution in [3.05, 3.63) is 52.7 Å². The molecule has 1 aromatic rings. The quantitative estimate of drug-likeness (QED) is 0.721. The maximum absolute atomic E-state index is 13.4. The van der Waals surface area contributed by atoms with Gasteiger partial charge in [0.2, 0.25) is 11.3 Å². The third-order valence-corrected chi connectivity index (χ3v) is 6.26. The van der Waals surface area contributed by atoms with Crippen LogP contribution in [-0.2, 0) is 10.2 Å². The first kappa shape index (κ1) is 17.8. The van der Waals surface area contributed by atoms with E-state index < -0.39 is 16.7 Å². The summed E-state index contributed by atoms with van der Waals surface area (Å²) < 4.78 is 0. The van der Waals surface area contributed by atoms with E-state index in [1.54, 1.807) is 6.07 Å². The van der Waals surface area contributed by atoms with E-state index in [4.69, 9.17) is 5.73 Å². The Balaban J connectivity index is 2.14. The van der Waals surface area contributed by atoms with Crippen molar-refractivity contribution in [2.45, 2.75) is 12.3 Å². The second kappa shape index (κ2) is 5.96. The van der Waals surface area contributed by atoms with Crippen molar-refractivity contribution in [2.75, 3.05) is 25.0 Å². The van der Waals surface area contributed by atoms with Crippen LogP contribution in [0.15, 0.2) is 47.2 Å². The SMILES string of the molecule is CCN1CC=C2[C@@H](C1)[C@]1(C(=O)Nc3ccccc31)C(C#N)=C(N)C2(C#N)C#N. The minimum atomic E-state index is -1.74. The number of nitriles is 3. The number of amides is 1. The molecule has 0 saturated carbocycles. The first-order valence-electron chi connectivity index (χ1n) is 9.08. The highest BCUT2D eigenvalue weighted by atomic mass is 16.2. The normalized spacial score (nSPS) is 27.7. The number of likely N-dealkylation sites (N-methyl/N-ethyl adjacent to an activating group) is 1. The largest absolute Gasteiger partial charge is 0.399 e. The predicted octanol–water partition coefficient (Wildman–Crippen LogP) is 1.54. The molecule has 0 fully saturated rings. The molecule has 0 aromatic heterocycles. The molecular formula is C21H18N6O. The standard InChI is InChI=1S/C21H18N6O/c1-2-27-8-7-13-16(10-27)21(14-5-3-4-6-17(14)26-19(21)28)15(9-22)18(25)20(13,11-23)12-24/h3-7,16H,2,8,10,25H2,1H3,(H,26,28)/t16-,21-/m1/s1. The van der Waals surface area contributed by atoms with Crippen LogP contribution in [0.25, 0.3) is 0 Å². The molecule has 2 atom stereocenters. The van der Waals surface area contributed by atoms with Gasteiger partial charge in [0.25, 0.3) is 0 Å². The molecular weight excluding hydrogens is 352 g/mol. The van der Waals surface area contributed by atoms with Gasteiger partial charge in [-0.3, -0.25) is 9.69 Å². The van der Waals surface area contributed by atoms with E-state index in [1.165, 1.54) is 0 Å². The number of nitrogens with one attached hydrogen (secondary N) is 1.